The summed E-state index contributed by atoms with van der Waals surface area (Å²) in [6.07, 6.45) is 14.7. The van der Waals surface area contributed by atoms with Crippen molar-refractivity contribution >= 4 is 17.8 Å². The van der Waals surface area contributed by atoms with Crippen LogP contribution < -0.4 is 10.6 Å². The number of nitrogens with one attached hydrogen (secondary N) is 2. The van der Waals surface area contributed by atoms with E-state index in [1.165, 1.54) is 25.5 Å². The number of esters is 1. The summed E-state index contributed by atoms with van der Waals surface area (Å²) in [4.78, 5) is 36.9. The average molecular weight is 501 g/mol. The average Bonchev–Trinajstić information content (AvgIpc) is 2.81. The first-order valence-electron chi connectivity index (χ1n) is 11.9. The lowest BCUT2D eigenvalue weighted by molar-refractivity contribution is -0.151. The lowest BCUT2D eigenvalue weighted by Gasteiger charge is -2.29. The van der Waals surface area contributed by atoms with Gasteiger partial charge in [-0.25, -0.2) is 4.79 Å². The second-order valence-corrected chi connectivity index (χ2v) is 9.70. The van der Waals surface area contributed by atoms with Crippen LogP contribution in [-0.2, 0) is 23.9 Å². The Kier molecular flexibility index (Phi) is 12.7. The fraction of sp³-hybridized carbons (Fsp3) is 0.464. The number of amides is 2. The van der Waals surface area contributed by atoms with Gasteiger partial charge in [0.1, 0.15) is 12.1 Å². The number of carbonyl (C=O) groups is 3. The molecular weight excluding hydrogens is 460 g/mol. The van der Waals surface area contributed by atoms with Crippen LogP contribution in [0.4, 0.5) is 0 Å². The summed E-state index contributed by atoms with van der Waals surface area (Å²) in [6.45, 7) is 13.0. The minimum absolute atomic E-state index is 0.000625. The number of carbonyl (C=O) groups excluding carboxylic acids is 3. The van der Waals surface area contributed by atoms with E-state index in [9.17, 15) is 19.5 Å². The predicted molar refractivity (Wildman–Crippen MR) is 140 cm³/mol. The molecule has 2 amide bonds. The molecule has 4 atom stereocenters. The molecule has 3 N–H and O–H groups in total. The van der Waals surface area contributed by atoms with Crippen LogP contribution in [0.1, 0.15) is 47.5 Å². The summed E-state index contributed by atoms with van der Waals surface area (Å²) in [5.74, 6) is -0.978. The molecule has 0 saturated heterocycles. The number of rotatable bonds is 12. The molecule has 1 aliphatic heterocycles. The Morgan fingerprint density at radius 2 is 1.97 bits per heavy atom. The minimum atomic E-state index is -0.763. The highest BCUT2D eigenvalue weighted by atomic mass is 16.6. The van der Waals surface area contributed by atoms with Gasteiger partial charge in [0.05, 0.1) is 13.2 Å². The Morgan fingerprint density at radius 3 is 2.56 bits per heavy atom. The van der Waals surface area contributed by atoms with Crippen molar-refractivity contribution in [1.29, 1.82) is 0 Å². The molecule has 0 fully saturated rings. The van der Waals surface area contributed by atoms with Crippen molar-refractivity contribution in [2.75, 3.05) is 7.11 Å². The predicted octanol–water partition coefficient (Wildman–Crippen LogP) is 3.62. The Balaban J connectivity index is 2.66. The van der Waals surface area contributed by atoms with Gasteiger partial charge in [-0.2, -0.15) is 0 Å². The second kappa shape index (κ2) is 14.9. The molecule has 8 nitrogen and oxygen atoms in total. The third-order valence-corrected chi connectivity index (χ3v) is 5.45. The minimum Gasteiger partial charge on any atom is -0.490 e. The quantitative estimate of drug-likeness (QED) is 0.163. The van der Waals surface area contributed by atoms with Crippen LogP contribution >= 0.6 is 0 Å². The highest BCUT2D eigenvalue weighted by Crippen LogP contribution is 2.23. The van der Waals surface area contributed by atoms with E-state index >= 15 is 0 Å². The van der Waals surface area contributed by atoms with Gasteiger partial charge in [-0.3, -0.25) is 9.59 Å². The van der Waals surface area contributed by atoms with Gasteiger partial charge in [0.25, 0.3) is 0 Å². The first-order valence-corrected chi connectivity index (χ1v) is 11.9. The lowest BCUT2D eigenvalue weighted by atomic mass is 9.86. The maximum atomic E-state index is 12.6. The van der Waals surface area contributed by atoms with E-state index in [4.69, 9.17) is 9.47 Å². The monoisotopic (exact) mass is 500 g/mol. The van der Waals surface area contributed by atoms with Crippen molar-refractivity contribution in [1.82, 2.24) is 10.6 Å². The van der Waals surface area contributed by atoms with Gasteiger partial charge < -0.3 is 25.2 Å². The number of allylic oxidation sites excluding steroid dienone is 4. The Bertz CT molecular complexity index is 936. The molecule has 0 aliphatic carbocycles. The molecule has 1 rings (SSSR count). The van der Waals surface area contributed by atoms with Gasteiger partial charge in [0.2, 0.25) is 11.8 Å². The van der Waals surface area contributed by atoms with Gasteiger partial charge in [0.15, 0.2) is 5.76 Å². The van der Waals surface area contributed by atoms with E-state index in [0.29, 0.717) is 12.8 Å². The Labute approximate surface area is 214 Å². The molecule has 0 unspecified atom stereocenters. The van der Waals surface area contributed by atoms with Gasteiger partial charge in [0, 0.05) is 18.4 Å². The molecule has 0 radical (unpaired) electrons. The molecule has 0 aromatic carbocycles. The molecule has 8 heteroatoms. The van der Waals surface area contributed by atoms with Crippen LogP contribution in [0.2, 0.25) is 0 Å². The summed E-state index contributed by atoms with van der Waals surface area (Å²) in [5.41, 5.74) is 0.431. The zero-order valence-corrected chi connectivity index (χ0v) is 22.1. The molecular formula is C28H40N2O6. The smallest absolute Gasteiger partial charge is 0.373 e. The molecule has 0 bridgehead atoms. The molecule has 0 saturated carbocycles. The van der Waals surface area contributed by atoms with Crippen LogP contribution in [0.5, 0.6) is 0 Å². The Morgan fingerprint density at radius 1 is 1.31 bits per heavy atom. The molecule has 0 aromatic rings. The summed E-state index contributed by atoms with van der Waals surface area (Å²) in [7, 11) is 1.44. The third kappa shape index (κ3) is 10.9. The van der Waals surface area contributed by atoms with Crippen molar-refractivity contribution in [2.45, 2.75) is 65.7 Å². The van der Waals surface area contributed by atoms with E-state index in [1.54, 1.807) is 24.3 Å². The lowest BCUT2D eigenvalue weighted by Crippen LogP contribution is -2.52. The molecule has 1 heterocycles. The first kappa shape index (κ1) is 30.6. The van der Waals surface area contributed by atoms with E-state index < -0.39 is 29.4 Å². The SMILES string of the molecule is C=C[C@H](O)C/C=C\NC(=O)[C@@H](NC(=O)\C=C/C=C\C(C)=C\[C@H](C)[C@@H]1CC=C(OC)C(=O)O1)C(C)(C)C. The zero-order valence-electron chi connectivity index (χ0n) is 22.1. The highest BCUT2D eigenvalue weighted by Gasteiger charge is 2.32. The fourth-order valence-electron chi connectivity index (χ4n) is 3.36. The van der Waals surface area contributed by atoms with E-state index in [-0.39, 0.29) is 23.7 Å². The van der Waals surface area contributed by atoms with Crippen LogP contribution in [0.15, 0.2) is 72.7 Å². The zero-order chi connectivity index (χ0) is 27.3. The topological polar surface area (TPSA) is 114 Å². The van der Waals surface area contributed by atoms with E-state index in [0.717, 1.165) is 5.57 Å². The van der Waals surface area contributed by atoms with Crippen molar-refractivity contribution < 1.29 is 29.0 Å². The maximum Gasteiger partial charge on any atom is 0.373 e. The summed E-state index contributed by atoms with van der Waals surface area (Å²) in [6, 6.07) is -0.763. The molecule has 1 aliphatic rings. The van der Waals surface area contributed by atoms with Crippen LogP contribution in [0.25, 0.3) is 0 Å². The fourth-order valence-corrected chi connectivity index (χ4v) is 3.36. The summed E-state index contributed by atoms with van der Waals surface area (Å²) < 4.78 is 10.4. The van der Waals surface area contributed by atoms with Gasteiger partial charge in [-0.05, 0) is 31.0 Å². The first-order chi connectivity index (χ1) is 16.9. The molecule has 0 spiro atoms. The normalized spacial score (nSPS) is 19.5. The van der Waals surface area contributed by atoms with Gasteiger partial charge in [-0.1, -0.05) is 69.7 Å². The van der Waals surface area contributed by atoms with Gasteiger partial charge >= 0.3 is 5.97 Å². The van der Waals surface area contributed by atoms with Crippen LogP contribution in [0, 0.1) is 11.3 Å². The number of aliphatic hydroxyl groups is 1. The standard InChI is InChI=1S/C28H40N2O6/c1-8-21(31)13-11-17-29-26(33)25(28(4,5)6)30-24(32)14-10-9-12-19(2)18-20(3)22-15-16-23(35-7)27(34)36-22/h8-12,14,16-18,20-22,25,31H,1,13,15H2,2-7H3,(H,29,33)(H,30,32)/b12-9-,14-10-,17-11-,19-18+/t20-,21-,22-,25+/m0/s1. The van der Waals surface area contributed by atoms with E-state index in [2.05, 4.69) is 17.2 Å². The van der Waals surface area contributed by atoms with Crippen molar-refractivity contribution in [3.05, 3.63) is 72.7 Å². The maximum absolute atomic E-state index is 12.6. The second-order valence-electron chi connectivity index (χ2n) is 9.70. The molecule has 36 heavy (non-hydrogen) atoms. The summed E-state index contributed by atoms with van der Waals surface area (Å²) in [5, 5.41) is 14.9. The van der Waals surface area contributed by atoms with E-state index in [1.807, 2.05) is 46.8 Å². The number of cyclic esters (lactones) is 1. The third-order valence-electron chi connectivity index (χ3n) is 5.45. The molecule has 198 valence electrons. The van der Waals surface area contributed by atoms with Crippen LogP contribution in [0.3, 0.4) is 0 Å². The highest BCUT2D eigenvalue weighted by molar-refractivity contribution is 5.93. The molecule has 0 aromatic heterocycles. The Hall–Kier alpha value is -3.39. The largest absolute Gasteiger partial charge is 0.490 e. The van der Waals surface area contributed by atoms with Crippen molar-refractivity contribution in [2.24, 2.45) is 11.3 Å². The number of hydrogen-bond donors (Lipinski definition) is 3. The van der Waals surface area contributed by atoms with Crippen molar-refractivity contribution in [3.63, 3.8) is 0 Å². The number of ether oxygens (including phenoxy) is 2. The summed E-state index contributed by atoms with van der Waals surface area (Å²) >= 11 is 0. The number of aliphatic hydroxyl groups excluding tert-OH is 1. The number of hydrogen-bond acceptors (Lipinski definition) is 6. The van der Waals surface area contributed by atoms with Gasteiger partial charge in [-0.15, -0.1) is 6.58 Å². The van der Waals surface area contributed by atoms with Crippen LogP contribution in [-0.4, -0.2) is 48.2 Å². The van der Waals surface area contributed by atoms with Crippen molar-refractivity contribution in [3.8, 4) is 0 Å². The number of methoxy groups -OCH3 is 1.